The monoisotopic (exact) mass is 379 g/mol. The van der Waals surface area contributed by atoms with E-state index in [1.807, 2.05) is 0 Å². The van der Waals surface area contributed by atoms with Crippen LogP contribution in [0.15, 0.2) is 40.2 Å². The molecule has 1 saturated heterocycles. The van der Waals surface area contributed by atoms with Gasteiger partial charge < -0.3 is 9.73 Å². The number of carbonyl (C=O) groups excluding carboxylic acids is 2. The van der Waals surface area contributed by atoms with Gasteiger partial charge in [-0.3, -0.25) is 19.9 Å². The summed E-state index contributed by atoms with van der Waals surface area (Å²) >= 11 is 0.849. The van der Waals surface area contributed by atoms with E-state index >= 15 is 0 Å². The molecule has 3 aromatic heterocycles. The molecule has 0 unspecified atom stereocenters. The summed E-state index contributed by atoms with van der Waals surface area (Å²) < 4.78 is 5.91. The van der Waals surface area contributed by atoms with E-state index in [0.29, 0.717) is 28.2 Å². The molecular weight excluding hydrogens is 366 g/mol. The lowest BCUT2D eigenvalue weighted by Gasteiger charge is -2.04. The molecule has 2 fully saturated rings. The molecule has 2 amide bonds. The molecule has 2 aliphatic rings. The lowest BCUT2D eigenvalue weighted by atomic mass is 10.1. The fraction of sp³-hybridized carbons (Fsp3) is 0.167. The Hall–Kier alpha value is -3.20. The number of aromatic nitrogens is 3. The number of nitrogens with zero attached hydrogens (tertiary/aromatic N) is 3. The Morgan fingerprint density at radius 2 is 2.00 bits per heavy atom. The van der Waals surface area contributed by atoms with Crippen LogP contribution in [0.1, 0.15) is 18.6 Å². The van der Waals surface area contributed by atoms with Gasteiger partial charge in [-0.1, -0.05) is 0 Å². The lowest BCUT2D eigenvalue weighted by molar-refractivity contribution is -0.115. The van der Waals surface area contributed by atoms with Gasteiger partial charge in [-0.05, 0) is 30.7 Å². The molecular formula is C18H13N5O3S. The van der Waals surface area contributed by atoms with Crippen molar-refractivity contribution in [3.8, 4) is 11.1 Å². The fourth-order valence-electron chi connectivity index (χ4n) is 2.76. The van der Waals surface area contributed by atoms with E-state index in [0.717, 1.165) is 41.1 Å². The second-order valence-corrected chi connectivity index (χ2v) is 7.34. The van der Waals surface area contributed by atoms with Gasteiger partial charge in [0.05, 0.1) is 4.91 Å². The molecule has 0 aromatic carbocycles. The first-order chi connectivity index (χ1) is 13.2. The van der Waals surface area contributed by atoms with Crippen molar-refractivity contribution in [2.24, 2.45) is 0 Å². The number of thioether (sulfide) groups is 1. The van der Waals surface area contributed by atoms with Crippen molar-refractivity contribution in [3.05, 3.63) is 41.5 Å². The number of nitrogens with one attached hydrogen (secondary N) is 2. The molecule has 134 valence electrons. The summed E-state index contributed by atoms with van der Waals surface area (Å²) in [5.74, 6) is 0.663. The number of hydrogen-bond donors (Lipinski definition) is 2. The molecule has 1 aliphatic heterocycles. The fourth-order valence-corrected chi connectivity index (χ4v) is 3.42. The Labute approximate surface area is 157 Å². The summed E-state index contributed by atoms with van der Waals surface area (Å²) in [5, 5.41) is 5.87. The summed E-state index contributed by atoms with van der Waals surface area (Å²) in [5.41, 5.74) is 2.17. The van der Waals surface area contributed by atoms with Gasteiger partial charge in [0.15, 0.2) is 0 Å². The average molecular weight is 379 g/mol. The normalized spacial score (nSPS) is 18.3. The molecule has 0 radical (unpaired) electrons. The first-order valence-electron chi connectivity index (χ1n) is 8.37. The van der Waals surface area contributed by atoms with Gasteiger partial charge in [-0.15, -0.1) is 0 Å². The highest BCUT2D eigenvalue weighted by Gasteiger charge is 2.26. The summed E-state index contributed by atoms with van der Waals surface area (Å²) in [4.78, 5) is 36.3. The number of anilines is 1. The van der Waals surface area contributed by atoms with E-state index in [9.17, 15) is 9.59 Å². The van der Waals surface area contributed by atoms with Crippen LogP contribution >= 0.6 is 11.8 Å². The highest BCUT2D eigenvalue weighted by Crippen LogP contribution is 2.32. The number of imide groups is 1. The van der Waals surface area contributed by atoms with Crippen LogP contribution in [-0.2, 0) is 4.79 Å². The zero-order chi connectivity index (χ0) is 18.4. The minimum Gasteiger partial charge on any atom is -0.456 e. The second-order valence-electron chi connectivity index (χ2n) is 6.32. The maximum Gasteiger partial charge on any atom is 0.290 e. The van der Waals surface area contributed by atoms with Crippen molar-refractivity contribution in [2.75, 3.05) is 5.32 Å². The molecule has 4 heterocycles. The summed E-state index contributed by atoms with van der Waals surface area (Å²) in [7, 11) is 0. The third kappa shape index (κ3) is 3.17. The summed E-state index contributed by atoms with van der Waals surface area (Å²) in [6.45, 7) is 0. The maximum absolute atomic E-state index is 11.7. The van der Waals surface area contributed by atoms with Gasteiger partial charge in [-0.2, -0.15) is 0 Å². The van der Waals surface area contributed by atoms with Crippen molar-refractivity contribution in [3.63, 3.8) is 0 Å². The predicted molar refractivity (Wildman–Crippen MR) is 101 cm³/mol. The van der Waals surface area contributed by atoms with Gasteiger partial charge in [0.2, 0.25) is 5.95 Å². The predicted octanol–water partition coefficient (Wildman–Crippen LogP) is 3.18. The number of carbonyl (C=O) groups is 2. The molecule has 5 rings (SSSR count). The second kappa shape index (κ2) is 6.20. The third-order valence-electron chi connectivity index (χ3n) is 4.23. The zero-order valence-corrected chi connectivity index (χ0v) is 14.7. The topological polar surface area (TPSA) is 110 Å². The smallest absolute Gasteiger partial charge is 0.290 e. The highest BCUT2D eigenvalue weighted by molar-refractivity contribution is 8.18. The van der Waals surface area contributed by atoms with Gasteiger partial charge >= 0.3 is 0 Å². The third-order valence-corrected chi connectivity index (χ3v) is 5.04. The van der Waals surface area contributed by atoms with Crippen molar-refractivity contribution in [1.29, 1.82) is 0 Å². The molecule has 1 saturated carbocycles. The quantitative estimate of drug-likeness (QED) is 0.665. The molecule has 3 aromatic rings. The van der Waals surface area contributed by atoms with Crippen molar-refractivity contribution in [1.82, 2.24) is 20.3 Å². The first kappa shape index (κ1) is 16.0. The number of hydrogen-bond acceptors (Lipinski definition) is 8. The number of furan rings is 1. The summed E-state index contributed by atoms with van der Waals surface area (Å²) in [6, 6.07) is 2.26. The van der Waals surface area contributed by atoms with Crippen molar-refractivity contribution < 1.29 is 14.0 Å². The van der Waals surface area contributed by atoms with E-state index in [-0.39, 0.29) is 5.24 Å². The molecule has 9 heteroatoms. The van der Waals surface area contributed by atoms with Crippen molar-refractivity contribution in [2.45, 2.75) is 18.9 Å². The lowest BCUT2D eigenvalue weighted by Crippen LogP contribution is -2.17. The molecule has 1 aliphatic carbocycles. The van der Waals surface area contributed by atoms with E-state index in [4.69, 9.17) is 4.42 Å². The number of pyridine rings is 1. The average Bonchev–Trinajstić information content (AvgIpc) is 3.28. The standard InChI is InChI=1S/C18H13N5O3S/c24-16-14(27-18(25)23-16)4-12-3-9-5-19-8-13(15(9)26-12)10-6-20-17(21-7-10)22-11-1-2-11/h3-8,11H,1-2H2,(H,20,21,22)(H,23,24,25)/b14-4-. The molecule has 2 N–H and O–H groups in total. The molecule has 0 bridgehead atoms. The van der Waals surface area contributed by atoms with E-state index in [1.165, 1.54) is 0 Å². The van der Waals surface area contributed by atoms with Crippen LogP contribution < -0.4 is 10.6 Å². The largest absolute Gasteiger partial charge is 0.456 e. The van der Waals surface area contributed by atoms with Gasteiger partial charge in [0.1, 0.15) is 11.3 Å². The van der Waals surface area contributed by atoms with Crippen LogP contribution in [0, 0.1) is 0 Å². The number of amides is 2. The van der Waals surface area contributed by atoms with Gasteiger partial charge in [0, 0.05) is 53.4 Å². The minimum atomic E-state index is -0.420. The Morgan fingerprint density at radius 3 is 2.70 bits per heavy atom. The highest BCUT2D eigenvalue weighted by atomic mass is 32.2. The Bertz CT molecular complexity index is 1100. The number of rotatable bonds is 4. The Balaban J connectivity index is 1.50. The van der Waals surface area contributed by atoms with Gasteiger partial charge in [0.25, 0.3) is 11.1 Å². The van der Waals surface area contributed by atoms with Crippen LogP contribution in [0.3, 0.4) is 0 Å². The number of fused-ring (bicyclic) bond motifs is 1. The molecule has 8 nitrogen and oxygen atoms in total. The van der Waals surface area contributed by atoms with E-state index in [2.05, 4.69) is 25.6 Å². The molecule has 0 spiro atoms. The minimum absolute atomic E-state index is 0.299. The van der Waals surface area contributed by atoms with Crippen LogP contribution in [0.5, 0.6) is 0 Å². The summed E-state index contributed by atoms with van der Waals surface area (Å²) in [6.07, 6.45) is 10.7. The maximum atomic E-state index is 11.7. The van der Waals surface area contributed by atoms with Crippen LogP contribution in [0.25, 0.3) is 28.2 Å². The van der Waals surface area contributed by atoms with E-state index < -0.39 is 5.91 Å². The SMILES string of the molecule is O=C1NC(=O)/C(=C/c2cc3cncc(-c4cnc(NC5CC5)nc4)c3o2)S1. The van der Waals surface area contributed by atoms with Crippen LogP contribution in [-0.4, -0.2) is 32.1 Å². The zero-order valence-electron chi connectivity index (χ0n) is 13.9. The van der Waals surface area contributed by atoms with E-state index in [1.54, 1.807) is 36.9 Å². The van der Waals surface area contributed by atoms with Crippen LogP contribution in [0.4, 0.5) is 10.7 Å². The Kier molecular flexibility index (Phi) is 3.68. The van der Waals surface area contributed by atoms with Crippen LogP contribution in [0.2, 0.25) is 0 Å². The molecule has 0 atom stereocenters. The molecule has 27 heavy (non-hydrogen) atoms. The first-order valence-corrected chi connectivity index (χ1v) is 9.19. The van der Waals surface area contributed by atoms with Gasteiger partial charge in [-0.25, -0.2) is 9.97 Å². The van der Waals surface area contributed by atoms with Crippen molar-refractivity contribution >= 4 is 45.9 Å². The Morgan fingerprint density at radius 1 is 1.19 bits per heavy atom.